The molecule has 1 aromatic rings. The molecule has 0 bridgehead atoms. The van der Waals surface area contributed by atoms with E-state index in [1.165, 1.54) is 63.9 Å². The van der Waals surface area contributed by atoms with Crippen LogP contribution in [0.25, 0.3) is 0 Å². The Hall–Kier alpha value is -1.56. The van der Waals surface area contributed by atoms with Crippen molar-refractivity contribution in [3.8, 4) is 17.6 Å². The van der Waals surface area contributed by atoms with E-state index < -0.39 is 11.6 Å². The molecule has 3 aliphatic rings. The second-order valence-corrected chi connectivity index (χ2v) is 8.29. The molecule has 1 nitrogen and oxygen atoms in total. The van der Waals surface area contributed by atoms with Crippen molar-refractivity contribution in [3.63, 3.8) is 0 Å². The first kappa shape index (κ1) is 17.8. The Morgan fingerprint density at radius 1 is 0.808 bits per heavy atom. The van der Waals surface area contributed by atoms with Crippen molar-refractivity contribution in [1.29, 1.82) is 0 Å². The molecule has 1 atom stereocenters. The van der Waals surface area contributed by atoms with Gasteiger partial charge in [-0.15, -0.1) is 0 Å². The van der Waals surface area contributed by atoms with E-state index in [1.54, 1.807) is 6.07 Å². The molecule has 0 aromatic heterocycles. The van der Waals surface area contributed by atoms with Gasteiger partial charge in [0.15, 0.2) is 17.7 Å². The zero-order chi connectivity index (χ0) is 17.9. The number of ether oxygens (including phenoxy) is 1. The lowest BCUT2D eigenvalue weighted by Crippen LogP contribution is -2.24. The monoisotopic (exact) mass is 358 g/mol. The van der Waals surface area contributed by atoms with E-state index in [4.69, 9.17) is 4.74 Å². The van der Waals surface area contributed by atoms with E-state index in [0.29, 0.717) is 12.3 Å². The van der Waals surface area contributed by atoms with Crippen LogP contribution in [0.3, 0.4) is 0 Å². The van der Waals surface area contributed by atoms with Crippen LogP contribution in [0.5, 0.6) is 5.75 Å². The molecule has 1 heterocycles. The Bertz CT molecular complexity index is 688. The summed E-state index contributed by atoms with van der Waals surface area (Å²) in [6.45, 7) is 0. The first-order valence-corrected chi connectivity index (χ1v) is 10.4. The number of fused-ring (bicyclic) bond motifs is 1. The zero-order valence-electron chi connectivity index (χ0n) is 15.4. The van der Waals surface area contributed by atoms with Crippen molar-refractivity contribution in [2.24, 2.45) is 17.8 Å². The quantitative estimate of drug-likeness (QED) is 0.555. The second-order valence-electron chi connectivity index (χ2n) is 8.29. The summed E-state index contributed by atoms with van der Waals surface area (Å²) >= 11 is 0. The molecule has 0 N–H and O–H groups in total. The third kappa shape index (κ3) is 3.90. The highest BCUT2D eigenvalue weighted by molar-refractivity contribution is 5.38. The summed E-state index contributed by atoms with van der Waals surface area (Å²) < 4.78 is 33.0. The summed E-state index contributed by atoms with van der Waals surface area (Å²) in [6.07, 6.45) is 13.2. The van der Waals surface area contributed by atoms with Crippen LogP contribution in [-0.4, -0.2) is 6.10 Å². The van der Waals surface area contributed by atoms with Gasteiger partial charge in [-0.05, 0) is 62.0 Å². The molecule has 2 aliphatic carbocycles. The van der Waals surface area contributed by atoms with E-state index in [-0.39, 0.29) is 11.9 Å². The third-order valence-electron chi connectivity index (χ3n) is 6.60. The van der Waals surface area contributed by atoms with Crippen LogP contribution in [0.15, 0.2) is 12.1 Å². The van der Waals surface area contributed by atoms with Crippen molar-refractivity contribution >= 4 is 0 Å². The van der Waals surface area contributed by atoms with Crippen LogP contribution < -0.4 is 4.74 Å². The van der Waals surface area contributed by atoms with Crippen LogP contribution >= 0.6 is 0 Å². The lowest BCUT2D eigenvalue weighted by molar-refractivity contribution is 0.181. The fraction of sp³-hybridized carbons (Fsp3) is 0.652. The second kappa shape index (κ2) is 7.99. The van der Waals surface area contributed by atoms with Crippen molar-refractivity contribution < 1.29 is 13.5 Å². The summed E-state index contributed by atoms with van der Waals surface area (Å²) in [4.78, 5) is 0. The van der Waals surface area contributed by atoms with Crippen LogP contribution in [0.4, 0.5) is 8.78 Å². The molecule has 3 heteroatoms. The fourth-order valence-corrected chi connectivity index (χ4v) is 5.04. The smallest absolute Gasteiger partial charge is 0.200 e. The van der Waals surface area contributed by atoms with E-state index in [9.17, 15) is 8.78 Å². The normalized spacial score (nSPS) is 29.2. The van der Waals surface area contributed by atoms with Gasteiger partial charge in [-0.25, -0.2) is 4.39 Å². The van der Waals surface area contributed by atoms with Gasteiger partial charge in [0.05, 0.1) is 0 Å². The van der Waals surface area contributed by atoms with Crippen molar-refractivity contribution in [2.45, 2.75) is 76.7 Å². The number of aryl methyl sites for hydroxylation is 1. The minimum Gasteiger partial charge on any atom is -0.474 e. The van der Waals surface area contributed by atoms with Gasteiger partial charge in [-0.3, -0.25) is 0 Å². The van der Waals surface area contributed by atoms with E-state index in [0.717, 1.165) is 23.8 Å². The largest absolute Gasteiger partial charge is 0.474 e. The lowest BCUT2D eigenvalue weighted by Gasteiger charge is -2.34. The van der Waals surface area contributed by atoms with Crippen LogP contribution in [-0.2, 0) is 6.42 Å². The summed E-state index contributed by atoms with van der Waals surface area (Å²) in [7, 11) is 0. The van der Waals surface area contributed by atoms with Gasteiger partial charge in [0.1, 0.15) is 0 Å². The highest BCUT2D eigenvalue weighted by atomic mass is 19.2. The Morgan fingerprint density at radius 2 is 1.54 bits per heavy atom. The number of hydrogen-bond acceptors (Lipinski definition) is 1. The molecular formula is C23H28F2O. The third-order valence-corrected chi connectivity index (χ3v) is 6.60. The van der Waals surface area contributed by atoms with Gasteiger partial charge < -0.3 is 4.74 Å². The number of benzene rings is 1. The molecule has 1 aliphatic heterocycles. The molecule has 2 fully saturated rings. The van der Waals surface area contributed by atoms with E-state index in [2.05, 4.69) is 11.8 Å². The predicted octanol–water partition coefficient (Wildman–Crippen LogP) is 6.05. The average Bonchev–Trinajstić information content (AvgIpc) is 2.70. The van der Waals surface area contributed by atoms with Gasteiger partial charge in [0.2, 0.25) is 5.82 Å². The summed E-state index contributed by atoms with van der Waals surface area (Å²) in [6, 6.07) is 2.79. The Kier molecular flexibility index (Phi) is 5.48. The average molecular weight is 358 g/mol. The van der Waals surface area contributed by atoms with Gasteiger partial charge in [-0.1, -0.05) is 50.0 Å². The standard InChI is InChI=1S/C23H28F2O/c24-21-15-12-19-11-14-20(26-23(19)22(21)25)13-8-16-6-9-18(10-7-16)17-4-2-1-3-5-17/h12,15-18,20H,1-7,9-11,14H2. The van der Waals surface area contributed by atoms with Crippen molar-refractivity contribution in [1.82, 2.24) is 0 Å². The van der Waals surface area contributed by atoms with Crippen molar-refractivity contribution in [2.75, 3.05) is 0 Å². The molecule has 140 valence electrons. The molecule has 26 heavy (non-hydrogen) atoms. The minimum absolute atomic E-state index is 0.0663. The molecule has 0 spiro atoms. The van der Waals surface area contributed by atoms with Gasteiger partial charge in [0.25, 0.3) is 0 Å². The molecule has 1 unspecified atom stereocenters. The SMILES string of the molecule is Fc1ccc2c(c1F)OC(C#CC1CCC(C3CCCCC3)CC1)CC2. The van der Waals surface area contributed by atoms with Crippen LogP contribution in [0.2, 0.25) is 0 Å². The Morgan fingerprint density at radius 3 is 2.31 bits per heavy atom. The Labute approximate surface area is 155 Å². The number of hydrogen-bond donors (Lipinski definition) is 0. The van der Waals surface area contributed by atoms with Crippen molar-refractivity contribution in [3.05, 3.63) is 29.3 Å². The van der Waals surface area contributed by atoms with Gasteiger partial charge in [0, 0.05) is 5.92 Å². The Balaban J connectivity index is 1.32. The molecule has 4 rings (SSSR count). The summed E-state index contributed by atoms with van der Waals surface area (Å²) in [5, 5.41) is 0. The fourth-order valence-electron chi connectivity index (χ4n) is 5.04. The maximum Gasteiger partial charge on any atom is 0.200 e. The molecule has 1 aromatic carbocycles. The van der Waals surface area contributed by atoms with Gasteiger partial charge >= 0.3 is 0 Å². The molecule has 2 saturated carbocycles. The number of halogens is 2. The first-order chi connectivity index (χ1) is 12.7. The zero-order valence-corrected chi connectivity index (χ0v) is 15.4. The van der Waals surface area contributed by atoms with Gasteiger partial charge in [-0.2, -0.15) is 4.39 Å². The highest BCUT2D eigenvalue weighted by Crippen LogP contribution is 2.40. The van der Waals surface area contributed by atoms with Crippen LogP contribution in [0.1, 0.15) is 69.8 Å². The van der Waals surface area contributed by atoms with E-state index in [1.807, 2.05) is 0 Å². The minimum atomic E-state index is -0.873. The maximum absolute atomic E-state index is 13.9. The number of rotatable bonds is 1. The van der Waals surface area contributed by atoms with Crippen LogP contribution in [0, 0.1) is 41.2 Å². The molecule has 0 saturated heterocycles. The highest BCUT2D eigenvalue weighted by Gasteiger charge is 2.28. The molecule has 0 amide bonds. The molecular weight excluding hydrogens is 330 g/mol. The van der Waals surface area contributed by atoms with E-state index >= 15 is 0 Å². The summed E-state index contributed by atoms with van der Waals surface area (Å²) in [5.74, 6) is 7.24. The first-order valence-electron chi connectivity index (χ1n) is 10.4. The predicted molar refractivity (Wildman–Crippen MR) is 98.9 cm³/mol. The topological polar surface area (TPSA) is 9.23 Å². The molecule has 0 radical (unpaired) electrons. The lowest BCUT2D eigenvalue weighted by atomic mass is 9.71. The summed E-state index contributed by atoms with van der Waals surface area (Å²) in [5.41, 5.74) is 0.745. The maximum atomic E-state index is 13.9.